The zero-order valence-corrected chi connectivity index (χ0v) is 13.2. The molecule has 3 nitrogen and oxygen atoms in total. The summed E-state index contributed by atoms with van der Waals surface area (Å²) >= 11 is 0. The predicted octanol–water partition coefficient (Wildman–Crippen LogP) is 3.60. The molecule has 1 aliphatic heterocycles. The van der Waals surface area contributed by atoms with Gasteiger partial charge in [0.15, 0.2) is 0 Å². The van der Waals surface area contributed by atoms with Gasteiger partial charge in [-0.3, -0.25) is 0 Å². The van der Waals surface area contributed by atoms with Crippen molar-refractivity contribution in [1.29, 1.82) is 0 Å². The van der Waals surface area contributed by atoms with E-state index < -0.39 is 11.7 Å². The molecule has 1 fully saturated rings. The van der Waals surface area contributed by atoms with Gasteiger partial charge in [0, 0.05) is 19.1 Å². The van der Waals surface area contributed by atoms with Crippen molar-refractivity contribution in [3.05, 3.63) is 23.8 Å². The van der Waals surface area contributed by atoms with Crippen molar-refractivity contribution >= 4 is 11.4 Å². The van der Waals surface area contributed by atoms with Crippen LogP contribution in [-0.2, 0) is 6.18 Å². The maximum Gasteiger partial charge on any atom is 0.416 e. The summed E-state index contributed by atoms with van der Waals surface area (Å²) in [5.74, 6) is 0. The van der Waals surface area contributed by atoms with E-state index >= 15 is 0 Å². The molecular formula is C16H24F3N3. The monoisotopic (exact) mass is 315 g/mol. The van der Waals surface area contributed by atoms with Crippen LogP contribution in [0.2, 0.25) is 0 Å². The molecule has 2 N–H and O–H groups in total. The second kappa shape index (κ2) is 6.77. The van der Waals surface area contributed by atoms with Crippen molar-refractivity contribution in [2.24, 2.45) is 0 Å². The smallest absolute Gasteiger partial charge is 0.397 e. The summed E-state index contributed by atoms with van der Waals surface area (Å²) in [4.78, 5) is 4.53. The zero-order chi connectivity index (χ0) is 16.3. The molecule has 0 amide bonds. The van der Waals surface area contributed by atoms with E-state index in [4.69, 9.17) is 5.73 Å². The van der Waals surface area contributed by atoms with Crippen molar-refractivity contribution < 1.29 is 13.2 Å². The van der Waals surface area contributed by atoms with Crippen LogP contribution in [0.25, 0.3) is 0 Å². The molecule has 1 saturated heterocycles. The van der Waals surface area contributed by atoms with Crippen molar-refractivity contribution in [2.45, 2.75) is 38.9 Å². The van der Waals surface area contributed by atoms with Crippen LogP contribution in [0.15, 0.2) is 18.2 Å². The summed E-state index contributed by atoms with van der Waals surface area (Å²) in [5, 5.41) is 0. The molecule has 0 unspecified atom stereocenters. The molecule has 0 bridgehead atoms. The third-order valence-corrected chi connectivity index (χ3v) is 4.49. The molecule has 6 heteroatoms. The number of nitrogens with zero attached hydrogens (tertiary/aromatic N) is 2. The molecule has 0 saturated carbocycles. The van der Waals surface area contributed by atoms with Gasteiger partial charge in [-0.05, 0) is 44.1 Å². The number of alkyl halides is 3. The van der Waals surface area contributed by atoms with Crippen molar-refractivity contribution in [2.75, 3.05) is 36.8 Å². The highest BCUT2D eigenvalue weighted by atomic mass is 19.4. The Hall–Kier alpha value is -1.43. The average Bonchev–Trinajstić information content (AvgIpc) is 2.48. The Morgan fingerprint density at radius 3 is 2.23 bits per heavy atom. The van der Waals surface area contributed by atoms with Gasteiger partial charge in [0.25, 0.3) is 0 Å². The second-order valence-corrected chi connectivity index (χ2v) is 5.71. The number of hydrogen-bond donors (Lipinski definition) is 1. The first-order chi connectivity index (χ1) is 10.4. The number of benzene rings is 1. The molecular weight excluding hydrogens is 291 g/mol. The van der Waals surface area contributed by atoms with Gasteiger partial charge in [-0.1, -0.05) is 13.8 Å². The Labute approximate surface area is 129 Å². The fraction of sp³-hybridized carbons (Fsp3) is 0.625. The Bertz CT molecular complexity index is 490. The summed E-state index contributed by atoms with van der Waals surface area (Å²) in [6.45, 7) is 8.04. The van der Waals surface area contributed by atoms with Gasteiger partial charge in [0.05, 0.1) is 16.9 Å². The van der Waals surface area contributed by atoms with Crippen molar-refractivity contribution in [1.82, 2.24) is 4.90 Å². The topological polar surface area (TPSA) is 32.5 Å². The number of rotatable bonds is 4. The van der Waals surface area contributed by atoms with Gasteiger partial charge in [0.2, 0.25) is 0 Å². The van der Waals surface area contributed by atoms with Crippen LogP contribution in [0, 0.1) is 0 Å². The zero-order valence-electron chi connectivity index (χ0n) is 13.2. The van der Waals surface area contributed by atoms with Gasteiger partial charge < -0.3 is 15.5 Å². The Morgan fingerprint density at radius 2 is 1.77 bits per heavy atom. The highest BCUT2D eigenvalue weighted by molar-refractivity contribution is 5.68. The van der Waals surface area contributed by atoms with Gasteiger partial charge in [0.1, 0.15) is 0 Å². The molecule has 1 aromatic rings. The van der Waals surface area contributed by atoms with Crippen molar-refractivity contribution in [3.63, 3.8) is 0 Å². The van der Waals surface area contributed by atoms with Crippen LogP contribution in [0.5, 0.6) is 0 Å². The SMILES string of the molecule is CCN(CC)C1CCN(c2ccc(C(F)(F)F)cc2N)CC1. The molecule has 0 radical (unpaired) electrons. The van der Waals surface area contributed by atoms with E-state index in [1.54, 1.807) is 0 Å². The Morgan fingerprint density at radius 1 is 1.18 bits per heavy atom. The summed E-state index contributed by atoms with van der Waals surface area (Å²) in [7, 11) is 0. The second-order valence-electron chi connectivity index (χ2n) is 5.71. The maximum absolute atomic E-state index is 12.7. The van der Waals surface area contributed by atoms with E-state index in [9.17, 15) is 13.2 Å². The number of anilines is 2. The highest BCUT2D eigenvalue weighted by Gasteiger charge is 2.31. The van der Waals surface area contributed by atoms with Crippen LogP contribution in [0.3, 0.4) is 0 Å². The van der Waals surface area contributed by atoms with Crippen LogP contribution >= 0.6 is 0 Å². The highest BCUT2D eigenvalue weighted by Crippen LogP contribution is 2.35. The normalized spacial score (nSPS) is 17.3. The molecule has 1 aromatic carbocycles. The molecule has 0 atom stereocenters. The van der Waals surface area contributed by atoms with E-state index in [2.05, 4.69) is 23.6 Å². The van der Waals surface area contributed by atoms with E-state index in [1.165, 1.54) is 6.07 Å². The first kappa shape index (κ1) is 16.9. The van der Waals surface area contributed by atoms with Crippen LogP contribution < -0.4 is 10.6 Å². The number of hydrogen-bond acceptors (Lipinski definition) is 3. The predicted molar refractivity (Wildman–Crippen MR) is 84.0 cm³/mol. The maximum atomic E-state index is 12.7. The Balaban J connectivity index is 2.06. The van der Waals surface area contributed by atoms with Crippen LogP contribution in [0.4, 0.5) is 24.5 Å². The first-order valence-corrected chi connectivity index (χ1v) is 7.82. The molecule has 0 aromatic heterocycles. The number of piperidine rings is 1. The minimum Gasteiger partial charge on any atom is -0.397 e. The van der Waals surface area contributed by atoms with Gasteiger partial charge in [-0.2, -0.15) is 13.2 Å². The lowest BCUT2D eigenvalue weighted by Crippen LogP contribution is -2.45. The fourth-order valence-electron chi connectivity index (χ4n) is 3.23. The summed E-state index contributed by atoms with van der Waals surface area (Å²) in [6.07, 6.45) is -2.31. The third kappa shape index (κ3) is 3.66. The standard InChI is InChI=1S/C16H24F3N3/c1-3-21(4-2)13-7-9-22(10-8-13)15-6-5-12(11-14(15)20)16(17,18)19/h5-6,11,13H,3-4,7-10,20H2,1-2H3. The molecule has 1 heterocycles. The minimum absolute atomic E-state index is 0.205. The largest absolute Gasteiger partial charge is 0.416 e. The van der Waals surface area contributed by atoms with E-state index in [-0.39, 0.29) is 5.69 Å². The Kier molecular flexibility index (Phi) is 5.21. The number of nitrogens with two attached hydrogens (primary N) is 1. The van der Waals surface area contributed by atoms with E-state index in [0.717, 1.165) is 51.2 Å². The summed E-state index contributed by atoms with van der Waals surface area (Å²) in [5.41, 5.74) is 6.07. The van der Waals surface area contributed by atoms with Gasteiger partial charge in [-0.15, -0.1) is 0 Å². The molecule has 1 aliphatic rings. The molecule has 0 spiro atoms. The first-order valence-electron chi connectivity index (χ1n) is 7.82. The van der Waals surface area contributed by atoms with E-state index in [0.29, 0.717) is 11.7 Å². The lowest BCUT2D eigenvalue weighted by atomic mass is 10.0. The summed E-state index contributed by atoms with van der Waals surface area (Å²) < 4.78 is 38.1. The quantitative estimate of drug-likeness (QED) is 0.862. The van der Waals surface area contributed by atoms with Gasteiger partial charge in [-0.25, -0.2) is 0 Å². The molecule has 124 valence electrons. The molecule has 0 aliphatic carbocycles. The molecule has 22 heavy (non-hydrogen) atoms. The fourth-order valence-corrected chi connectivity index (χ4v) is 3.23. The van der Waals surface area contributed by atoms with E-state index in [1.807, 2.05) is 0 Å². The van der Waals surface area contributed by atoms with Crippen molar-refractivity contribution in [3.8, 4) is 0 Å². The average molecular weight is 315 g/mol. The van der Waals surface area contributed by atoms with Gasteiger partial charge >= 0.3 is 6.18 Å². The lowest BCUT2D eigenvalue weighted by molar-refractivity contribution is -0.137. The van der Waals surface area contributed by atoms with Crippen LogP contribution in [0.1, 0.15) is 32.3 Å². The molecule has 2 rings (SSSR count). The number of halogens is 3. The summed E-state index contributed by atoms with van der Waals surface area (Å²) in [6, 6.07) is 4.20. The van der Waals surface area contributed by atoms with Crippen LogP contribution in [-0.4, -0.2) is 37.1 Å². The third-order valence-electron chi connectivity index (χ3n) is 4.49. The number of nitrogen functional groups attached to an aromatic ring is 1. The lowest BCUT2D eigenvalue weighted by Gasteiger charge is -2.39. The minimum atomic E-state index is -4.34.